The number of furan rings is 1. The molecule has 5 aromatic rings. The summed E-state index contributed by atoms with van der Waals surface area (Å²) in [5, 5.41) is 5.19. The third-order valence-electron chi connectivity index (χ3n) is 8.17. The van der Waals surface area contributed by atoms with Crippen LogP contribution in [0.2, 0.25) is 0 Å². The first-order chi connectivity index (χ1) is 23.2. The van der Waals surface area contributed by atoms with Crippen LogP contribution in [0, 0.1) is 24.4 Å². The molecule has 0 saturated carbocycles. The van der Waals surface area contributed by atoms with E-state index in [0.717, 1.165) is 6.07 Å². The molecule has 10 nitrogen and oxygen atoms in total. The third kappa shape index (κ3) is 6.19. The van der Waals surface area contributed by atoms with Crippen molar-refractivity contribution in [3.05, 3.63) is 107 Å². The van der Waals surface area contributed by atoms with E-state index in [1.165, 1.54) is 73.7 Å². The molecule has 3 heterocycles. The van der Waals surface area contributed by atoms with Gasteiger partial charge in [0.15, 0.2) is 5.82 Å². The minimum Gasteiger partial charge on any atom is -0.455 e. The van der Waals surface area contributed by atoms with E-state index in [1.807, 2.05) is 0 Å². The lowest BCUT2D eigenvalue weighted by Crippen LogP contribution is -2.69. The Labute approximate surface area is 279 Å². The molecule has 0 aliphatic carbocycles. The number of nitrogens with zero attached hydrogens (tertiary/aromatic N) is 3. The van der Waals surface area contributed by atoms with Crippen LogP contribution in [-0.4, -0.2) is 58.5 Å². The Hall–Kier alpha value is -5.72. The van der Waals surface area contributed by atoms with Gasteiger partial charge >= 0.3 is 6.09 Å². The van der Waals surface area contributed by atoms with E-state index >= 15 is 8.78 Å². The van der Waals surface area contributed by atoms with Gasteiger partial charge < -0.3 is 24.7 Å². The summed E-state index contributed by atoms with van der Waals surface area (Å²) in [6.45, 7) is 6.63. The van der Waals surface area contributed by atoms with Gasteiger partial charge in [0, 0.05) is 36.1 Å². The van der Waals surface area contributed by atoms with Crippen LogP contribution in [0.3, 0.4) is 0 Å². The lowest BCUT2D eigenvalue weighted by molar-refractivity contribution is -0.0189. The zero-order chi connectivity index (χ0) is 35.2. The van der Waals surface area contributed by atoms with Gasteiger partial charge in [-0.05, 0) is 93.4 Å². The van der Waals surface area contributed by atoms with Gasteiger partial charge in [0.25, 0.3) is 11.8 Å². The van der Waals surface area contributed by atoms with Crippen LogP contribution in [0.25, 0.3) is 33.4 Å². The largest absolute Gasteiger partial charge is 0.455 e. The molecule has 13 heteroatoms. The highest BCUT2D eigenvalue weighted by Gasteiger charge is 2.51. The predicted molar refractivity (Wildman–Crippen MR) is 174 cm³/mol. The molecule has 0 unspecified atom stereocenters. The molecule has 2 N–H and O–H groups in total. The van der Waals surface area contributed by atoms with Crippen molar-refractivity contribution in [2.45, 2.75) is 38.8 Å². The average Bonchev–Trinajstić information content (AvgIpc) is 3.44. The number of fused-ring (bicyclic) bond motifs is 1. The number of aromatic nitrogens is 2. The van der Waals surface area contributed by atoms with Crippen molar-refractivity contribution in [2.75, 3.05) is 20.1 Å². The van der Waals surface area contributed by atoms with Crippen LogP contribution < -0.4 is 10.6 Å². The Balaban J connectivity index is 1.39. The quantitative estimate of drug-likeness (QED) is 0.211. The molecule has 1 aliphatic heterocycles. The Kier molecular flexibility index (Phi) is 8.39. The summed E-state index contributed by atoms with van der Waals surface area (Å²) in [6, 6.07) is 12.0. The standard InChI is InChI=1S/C36H32F3N5O5/c1-19-24(23-11-12-26-27(29(23)39)28(32(46)40-5)30(48-26)20-7-9-22(37)10-8-20)15-21(16-25(19)38)31(45)43-36(33-41-13-6-14-42-33)17-44(18-36)34(47)49-35(2,3)4/h6-16H,17-18H2,1-5H3,(H,40,46)(H,43,45). The second-order valence-corrected chi connectivity index (χ2v) is 12.8. The number of rotatable bonds is 6. The number of benzene rings is 3. The summed E-state index contributed by atoms with van der Waals surface area (Å²) < 4.78 is 57.1. The van der Waals surface area contributed by atoms with Gasteiger partial charge in [-0.2, -0.15) is 0 Å². The molecule has 3 aromatic carbocycles. The number of nitrogens with one attached hydrogen (secondary N) is 2. The minimum absolute atomic E-state index is 0.0106. The molecule has 1 aliphatic rings. The number of hydrogen-bond donors (Lipinski definition) is 2. The number of ether oxygens (including phenoxy) is 1. The highest BCUT2D eigenvalue weighted by molar-refractivity contribution is 6.12. The van der Waals surface area contributed by atoms with Crippen LogP contribution in [-0.2, 0) is 10.3 Å². The normalized spacial score (nSPS) is 13.9. The second-order valence-electron chi connectivity index (χ2n) is 12.8. The Morgan fingerprint density at radius 2 is 1.61 bits per heavy atom. The molecular formula is C36H32F3N5O5. The Morgan fingerprint density at radius 3 is 2.24 bits per heavy atom. The van der Waals surface area contributed by atoms with Crippen molar-refractivity contribution in [3.63, 3.8) is 0 Å². The highest BCUT2D eigenvalue weighted by Crippen LogP contribution is 2.40. The lowest BCUT2D eigenvalue weighted by Gasteiger charge is -2.48. The summed E-state index contributed by atoms with van der Waals surface area (Å²) >= 11 is 0. The smallest absolute Gasteiger partial charge is 0.410 e. The molecule has 0 bridgehead atoms. The third-order valence-corrected chi connectivity index (χ3v) is 8.17. The van der Waals surface area contributed by atoms with E-state index in [4.69, 9.17) is 9.15 Å². The number of carbonyl (C=O) groups is 3. The van der Waals surface area contributed by atoms with E-state index in [0.29, 0.717) is 5.56 Å². The van der Waals surface area contributed by atoms with Gasteiger partial charge in [-0.1, -0.05) is 0 Å². The molecule has 1 fully saturated rings. The topological polar surface area (TPSA) is 127 Å². The van der Waals surface area contributed by atoms with Crippen LogP contribution in [0.15, 0.2) is 71.4 Å². The highest BCUT2D eigenvalue weighted by atomic mass is 19.1. The predicted octanol–water partition coefficient (Wildman–Crippen LogP) is 6.52. The maximum Gasteiger partial charge on any atom is 0.410 e. The van der Waals surface area contributed by atoms with Gasteiger partial charge in [0.05, 0.1) is 24.0 Å². The summed E-state index contributed by atoms with van der Waals surface area (Å²) in [7, 11) is 1.38. The Morgan fingerprint density at radius 1 is 0.939 bits per heavy atom. The van der Waals surface area contributed by atoms with E-state index < -0.39 is 46.5 Å². The molecular weight excluding hydrogens is 639 g/mol. The fourth-order valence-electron chi connectivity index (χ4n) is 5.77. The number of hydrogen-bond acceptors (Lipinski definition) is 7. The van der Waals surface area contributed by atoms with Crippen molar-refractivity contribution in [2.24, 2.45) is 0 Å². The molecule has 0 spiro atoms. The van der Waals surface area contributed by atoms with Crippen LogP contribution in [0.4, 0.5) is 18.0 Å². The van der Waals surface area contributed by atoms with Crippen LogP contribution in [0.5, 0.6) is 0 Å². The molecule has 49 heavy (non-hydrogen) atoms. The number of likely N-dealkylation sites (tertiary alicyclic amines) is 1. The van der Waals surface area contributed by atoms with E-state index in [1.54, 1.807) is 26.8 Å². The molecule has 0 radical (unpaired) electrons. The SMILES string of the molecule is CNC(=O)c1c(-c2ccc(F)cc2)oc2ccc(-c3cc(C(=O)NC4(c5ncccn5)CN(C(=O)OC(C)(C)C)C4)cc(F)c3C)c(F)c12. The lowest BCUT2D eigenvalue weighted by atomic mass is 9.88. The average molecular weight is 672 g/mol. The maximum absolute atomic E-state index is 16.6. The van der Waals surface area contributed by atoms with Gasteiger partial charge in [-0.25, -0.2) is 27.9 Å². The Bertz CT molecular complexity index is 2100. The summed E-state index contributed by atoms with van der Waals surface area (Å²) in [4.78, 5) is 49.6. The number of halogens is 3. The van der Waals surface area contributed by atoms with Gasteiger partial charge in [0.2, 0.25) is 0 Å². The first kappa shape index (κ1) is 33.2. The van der Waals surface area contributed by atoms with Crippen LogP contribution in [0.1, 0.15) is 52.9 Å². The summed E-state index contributed by atoms with van der Waals surface area (Å²) in [6.07, 6.45) is 2.42. The molecule has 2 aromatic heterocycles. The molecule has 0 atom stereocenters. The zero-order valence-corrected chi connectivity index (χ0v) is 27.3. The molecule has 252 valence electrons. The number of amides is 3. The summed E-state index contributed by atoms with van der Waals surface area (Å²) in [5.74, 6) is -3.26. The van der Waals surface area contributed by atoms with Crippen molar-refractivity contribution in [1.82, 2.24) is 25.5 Å². The first-order valence-corrected chi connectivity index (χ1v) is 15.3. The second kappa shape index (κ2) is 12.4. The van der Waals surface area contributed by atoms with Crippen molar-refractivity contribution in [1.29, 1.82) is 0 Å². The van der Waals surface area contributed by atoms with Crippen LogP contribution >= 0.6 is 0 Å². The van der Waals surface area contributed by atoms with Crippen molar-refractivity contribution in [3.8, 4) is 22.5 Å². The van der Waals surface area contributed by atoms with E-state index in [2.05, 4.69) is 20.6 Å². The van der Waals surface area contributed by atoms with Gasteiger partial charge in [0.1, 0.15) is 39.9 Å². The van der Waals surface area contributed by atoms with Crippen molar-refractivity contribution >= 4 is 28.9 Å². The fourth-order valence-corrected chi connectivity index (χ4v) is 5.77. The first-order valence-electron chi connectivity index (χ1n) is 15.3. The van der Waals surface area contributed by atoms with Crippen molar-refractivity contribution < 1.29 is 36.7 Å². The monoisotopic (exact) mass is 671 g/mol. The number of carbonyl (C=O) groups excluding carboxylic acids is 3. The summed E-state index contributed by atoms with van der Waals surface area (Å²) in [5.41, 5.74) is -1.80. The molecule has 6 rings (SSSR count). The van der Waals surface area contributed by atoms with E-state index in [9.17, 15) is 18.8 Å². The van der Waals surface area contributed by atoms with Gasteiger partial charge in [-0.15, -0.1) is 0 Å². The van der Waals surface area contributed by atoms with E-state index in [-0.39, 0.29) is 63.5 Å². The minimum atomic E-state index is -1.21. The molecule has 1 saturated heterocycles. The maximum atomic E-state index is 16.6. The molecule has 3 amide bonds. The fraction of sp³-hybridized carbons (Fsp3) is 0.250. The zero-order valence-electron chi connectivity index (χ0n) is 27.3. The van der Waals surface area contributed by atoms with Gasteiger partial charge in [-0.3, -0.25) is 9.59 Å².